The first-order valence-corrected chi connectivity index (χ1v) is 8.40. The van der Waals surface area contributed by atoms with Crippen molar-refractivity contribution < 1.29 is 4.74 Å². The van der Waals surface area contributed by atoms with Gasteiger partial charge in [-0.2, -0.15) is 0 Å². The van der Waals surface area contributed by atoms with Crippen LogP contribution in [0.25, 0.3) is 10.4 Å². The monoisotopic (exact) mass is 304 g/mol. The lowest BCUT2D eigenvalue weighted by Crippen LogP contribution is -2.13. The second-order valence-electron chi connectivity index (χ2n) is 4.99. The average molecular weight is 304 g/mol. The van der Waals surface area contributed by atoms with Crippen LogP contribution in [-0.2, 0) is 11.3 Å². The van der Waals surface area contributed by atoms with Gasteiger partial charge >= 0.3 is 0 Å². The van der Waals surface area contributed by atoms with E-state index in [1.165, 1.54) is 10.4 Å². The zero-order chi connectivity index (χ0) is 15.1. The van der Waals surface area contributed by atoms with Crippen molar-refractivity contribution in [3.8, 4) is 10.4 Å². The topological polar surface area (TPSA) is 34.1 Å². The lowest BCUT2D eigenvalue weighted by Gasteiger charge is -2.10. The molecular weight excluding hydrogens is 280 g/mol. The van der Waals surface area contributed by atoms with E-state index in [1.54, 1.807) is 18.4 Å². The van der Waals surface area contributed by atoms with E-state index in [9.17, 15) is 0 Å². The zero-order valence-electron chi connectivity index (χ0n) is 13.1. The number of nitrogens with zero attached hydrogens (tertiary/aromatic N) is 1. The van der Waals surface area contributed by atoms with Gasteiger partial charge in [0.2, 0.25) is 0 Å². The summed E-state index contributed by atoms with van der Waals surface area (Å²) in [6.07, 6.45) is 2.22. The Labute approximate surface area is 131 Å². The van der Waals surface area contributed by atoms with Crippen molar-refractivity contribution in [3.63, 3.8) is 0 Å². The Morgan fingerprint density at radius 1 is 1.24 bits per heavy atom. The number of ether oxygens (including phenoxy) is 1. The summed E-state index contributed by atoms with van der Waals surface area (Å²) in [6.45, 7) is 6.05. The van der Waals surface area contributed by atoms with Gasteiger partial charge in [-0.3, -0.25) is 0 Å². The molecule has 0 aliphatic carbocycles. The minimum absolute atomic E-state index is 0.109. The van der Waals surface area contributed by atoms with Crippen LogP contribution in [0, 0.1) is 0 Å². The molecule has 0 amide bonds. The van der Waals surface area contributed by atoms with Gasteiger partial charge < -0.3 is 10.1 Å². The number of hydrogen-bond donors (Lipinski definition) is 1. The molecule has 1 heterocycles. The van der Waals surface area contributed by atoms with Crippen molar-refractivity contribution >= 4 is 11.3 Å². The van der Waals surface area contributed by atoms with Gasteiger partial charge in [0.1, 0.15) is 11.1 Å². The minimum Gasteiger partial charge on any atom is -0.374 e. The third kappa shape index (κ3) is 4.13. The predicted molar refractivity (Wildman–Crippen MR) is 89.6 cm³/mol. The molecule has 0 fully saturated rings. The highest BCUT2D eigenvalue weighted by atomic mass is 32.1. The molecule has 0 aliphatic rings. The first-order chi connectivity index (χ1) is 10.3. The number of benzene rings is 1. The van der Waals surface area contributed by atoms with Crippen LogP contribution in [0.1, 0.15) is 43.5 Å². The maximum atomic E-state index is 5.61. The standard InChI is InChI=1S/C17H24N2OS/c1-4-9-15(20-3)17-19-14(12-18-5-2)16(21-17)13-10-7-6-8-11-13/h6-8,10-11,15,18H,4-5,9,12H2,1-3H3. The highest BCUT2D eigenvalue weighted by Gasteiger charge is 2.19. The van der Waals surface area contributed by atoms with Gasteiger partial charge in [-0.1, -0.05) is 50.6 Å². The third-order valence-corrected chi connectivity index (χ3v) is 4.64. The van der Waals surface area contributed by atoms with Gasteiger partial charge in [0.25, 0.3) is 0 Å². The molecule has 0 radical (unpaired) electrons. The molecule has 3 nitrogen and oxygen atoms in total. The highest BCUT2D eigenvalue weighted by molar-refractivity contribution is 7.15. The lowest BCUT2D eigenvalue weighted by atomic mass is 10.1. The summed E-state index contributed by atoms with van der Waals surface area (Å²) in [6, 6.07) is 10.5. The lowest BCUT2D eigenvalue weighted by molar-refractivity contribution is 0.0946. The summed E-state index contributed by atoms with van der Waals surface area (Å²) in [5, 5.41) is 4.47. The van der Waals surface area contributed by atoms with Crippen LogP contribution in [0.2, 0.25) is 0 Å². The number of nitrogens with one attached hydrogen (secondary N) is 1. The molecular formula is C17H24N2OS. The zero-order valence-corrected chi connectivity index (χ0v) is 13.9. The molecule has 0 aliphatic heterocycles. The molecule has 21 heavy (non-hydrogen) atoms. The molecule has 0 saturated heterocycles. The van der Waals surface area contributed by atoms with Crippen LogP contribution >= 0.6 is 11.3 Å². The van der Waals surface area contributed by atoms with Crippen LogP contribution in [0.4, 0.5) is 0 Å². The van der Waals surface area contributed by atoms with Crippen molar-refractivity contribution in [2.75, 3.05) is 13.7 Å². The smallest absolute Gasteiger partial charge is 0.122 e. The summed E-state index contributed by atoms with van der Waals surface area (Å²) < 4.78 is 5.61. The number of hydrogen-bond acceptors (Lipinski definition) is 4. The number of methoxy groups -OCH3 is 1. The summed E-state index contributed by atoms with van der Waals surface area (Å²) in [5.41, 5.74) is 2.36. The molecule has 2 aromatic rings. The highest BCUT2D eigenvalue weighted by Crippen LogP contribution is 2.35. The van der Waals surface area contributed by atoms with Gasteiger partial charge in [-0.15, -0.1) is 11.3 Å². The molecule has 1 atom stereocenters. The minimum atomic E-state index is 0.109. The SMILES string of the molecule is CCCC(OC)c1nc(CNCC)c(-c2ccccc2)s1. The van der Waals surface area contributed by atoms with Gasteiger partial charge in [-0.05, 0) is 18.5 Å². The number of thiazole rings is 1. The molecule has 1 unspecified atom stereocenters. The summed E-state index contributed by atoms with van der Waals surface area (Å²) in [4.78, 5) is 6.10. The fraction of sp³-hybridized carbons (Fsp3) is 0.471. The Balaban J connectivity index is 2.35. The average Bonchev–Trinajstić information content (AvgIpc) is 2.95. The van der Waals surface area contributed by atoms with Crippen molar-refractivity contribution in [1.82, 2.24) is 10.3 Å². The van der Waals surface area contributed by atoms with Crippen LogP contribution in [0.3, 0.4) is 0 Å². The summed E-state index contributed by atoms with van der Waals surface area (Å²) in [7, 11) is 1.77. The molecule has 2 rings (SSSR count). The van der Waals surface area contributed by atoms with Gasteiger partial charge in [-0.25, -0.2) is 4.98 Å². The van der Waals surface area contributed by atoms with Crippen LogP contribution in [0.15, 0.2) is 30.3 Å². The second-order valence-corrected chi connectivity index (χ2v) is 6.02. The van der Waals surface area contributed by atoms with Gasteiger partial charge in [0.05, 0.1) is 10.6 Å². The maximum Gasteiger partial charge on any atom is 0.122 e. The quantitative estimate of drug-likeness (QED) is 0.784. The van der Waals surface area contributed by atoms with Crippen LogP contribution < -0.4 is 5.32 Å². The fourth-order valence-electron chi connectivity index (χ4n) is 2.29. The van der Waals surface area contributed by atoms with E-state index in [0.29, 0.717) is 0 Å². The molecule has 1 aromatic carbocycles. The molecule has 114 valence electrons. The Morgan fingerprint density at radius 2 is 2.00 bits per heavy atom. The Hall–Kier alpha value is -1.23. The number of aromatic nitrogens is 1. The third-order valence-electron chi connectivity index (χ3n) is 3.40. The van der Waals surface area contributed by atoms with E-state index >= 15 is 0 Å². The molecule has 1 aromatic heterocycles. The van der Waals surface area contributed by atoms with Crippen LogP contribution in [-0.4, -0.2) is 18.6 Å². The van der Waals surface area contributed by atoms with Crippen molar-refractivity contribution in [2.24, 2.45) is 0 Å². The van der Waals surface area contributed by atoms with E-state index in [1.807, 2.05) is 6.07 Å². The normalized spacial score (nSPS) is 12.5. The Bertz CT molecular complexity index is 539. The van der Waals surface area contributed by atoms with E-state index in [2.05, 4.69) is 43.4 Å². The van der Waals surface area contributed by atoms with Crippen molar-refractivity contribution in [3.05, 3.63) is 41.0 Å². The molecule has 0 saturated carbocycles. The van der Waals surface area contributed by atoms with Crippen molar-refractivity contribution in [2.45, 2.75) is 39.3 Å². The second kappa shape index (κ2) is 8.27. The molecule has 1 N–H and O–H groups in total. The van der Waals surface area contributed by atoms with Gasteiger partial charge in [0.15, 0.2) is 0 Å². The first-order valence-electron chi connectivity index (χ1n) is 7.58. The Kier molecular flexibility index (Phi) is 6.36. The van der Waals surface area contributed by atoms with E-state index < -0.39 is 0 Å². The van der Waals surface area contributed by atoms with Gasteiger partial charge in [0, 0.05) is 13.7 Å². The fourth-order valence-corrected chi connectivity index (χ4v) is 3.49. The van der Waals surface area contributed by atoms with Crippen molar-refractivity contribution in [1.29, 1.82) is 0 Å². The predicted octanol–water partition coefficient (Wildman–Crippen LogP) is 4.41. The van der Waals surface area contributed by atoms with Crippen LogP contribution in [0.5, 0.6) is 0 Å². The Morgan fingerprint density at radius 3 is 2.62 bits per heavy atom. The molecule has 0 spiro atoms. The first kappa shape index (κ1) is 16.1. The maximum absolute atomic E-state index is 5.61. The molecule has 0 bridgehead atoms. The largest absolute Gasteiger partial charge is 0.374 e. The summed E-state index contributed by atoms with van der Waals surface area (Å²) >= 11 is 1.76. The summed E-state index contributed by atoms with van der Waals surface area (Å²) in [5.74, 6) is 0. The van der Waals surface area contributed by atoms with E-state index in [-0.39, 0.29) is 6.10 Å². The molecule has 4 heteroatoms. The van der Waals surface area contributed by atoms with E-state index in [4.69, 9.17) is 9.72 Å². The number of rotatable bonds is 8. The van der Waals surface area contributed by atoms with E-state index in [0.717, 1.165) is 36.6 Å².